The summed E-state index contributed by atoms with van der Waals surface area (Å²) in [6, 6.07) is 10.6. The van der Waals surface area contributed by atoms with Crippen LogP contribution in [0.25, 0.3) is 21.9 Å². The lowest BCUT2D eigenvalue weighted by atomic mass is 10.1. The molecule has 0 radical (unpaired) electrons. The highest BCUT2D eigenvalue weighted by Crippen LogP contribution is 2.24. The van der Waals surface area contributed by atoms with Gasteiger partial charge in [0.1, 0.15) is 10.5 Å². The van der Waals surface area contributed by atoms with E-state index in [1.54, 1.807) is 24.3 Å². The highest BCUT2D eigenvalue weighted by atomic mass is 32.2. The summed E-state index contributed by atoms with van der Waals surface area (Å²) in [5.41, 5.74) is -0.188. The van der Waals surface area contributed by atoms with Crippen LogP contribution in [0.1, 0.15) is 0 Å². The van der Waals surface area contributed by atoms with Gasteiger partial charge in [0.15, 0.2) is 5.58 Å². The molecule has 0 aliphatic rings. The van der Waals surface area contributed by atoms with Crippen molar-refractivity contribution in [1.29, 1.82) is 0 Å². The molecule has 2 aromatic carbocycles. The molecule has 1 heterocycles. The average molecular weight is 276 g/mol. The summed E-state index contributed by atoms with van der Waals surface area (Å²) in [6.45, 7) is 0. The van der Waals surface area contributed by atoms with Crippen LogP contribution in [0.2, 0.25) is 0 Å². The second kappa shape index (κ2) is 3.91. The van der Waals surface area contributed by atoms with E-state index in [1.165, 1.54) is 18.2 Å². The zero-order valence-corrected chi connectivity index (χ0v) is 10.3. The van der Waals surface area contributed by atoms with Gasteiger partial charge >= 0.3 is 0 Å². The van der Waals surface area contributed by atoms with E-state index in [4.69, 9.17) is 8.97 Å². The first-order valence-electron chi connectivity index (χ1n) is 5.40. The van der Waals surface area contributed by atoms with E-state index >= 15 is 0 Å². The lowest BCUT2D eigenvalue weighted by Gasteiger charge is -2.04. The predicted molar refractivity (Wildman–Crippen MR) is 69.8 cm³/mol. The largest absolute Gasteiger partial charge is 0.454 e. The molecule has 3 rings (SSSR count). The quantitative estimate of drug-likeness (QED) is 0.544. The molecular weight excluding hydrogens is 268 g/mol. The Hall–Kier alpha value is -2.18. The fourth-order valence-corrected chi connectivity index (χ4v) is 2.64. The molecule has 0 spiro atoms. The minimum atomic E-state index is -4.45. The van der Waals surface area contributed by atoms with E-state index < -0.39 is 15.0 Å². The molecule has 0 unspecified atom stereocenters. The van der Waals surface area contributed by atoms with Gasteiger partial charge in [-0.15, -0.1) is 0 Å². The van der Waals surface area contributed by atoms with Gasteiger partial charge in [0.2, 0.25) is 5.43 Å². The average Bonchev–Trinajstić information content (AvgIpc) is 2.37. The summed E-state index contributed by atoms with van der Waals surface area (Å²) in [5, 5.41) is 0.483. The monoisotopic (exact) mass is 276 g/mol. The van der Waals surface area contributed by atoms with Crippen molar-refractivity contribution >= 4 is 32.1 Å². The van der Waals surface area contributed by atoms with Crippen LogP contribution >= 0.6 is 0 Å². The highest BCUT2D eigenvalue weighted by molar-refractivity contribution is 7.86. The number of para-hydroxylation sites is 2. The first-order chi connectivity index (χ1) is 8.98. The minimum Gasteiger partial charge on any atom is -0.454 e. The third kappa shape index (κ3) is 1.81. The highest BCUT2D eigenvalue weighted by Gasteiger charge is 2.18. The predicted octanol–water partition coefficient (Wildman–Crippen LogP) is 2.19. The summed E-state index contributed by atoms with van der Waals surface area (Å²) >= 11 is 0. The number of benzene rings is 2. The number of rotatable bonds is 1. The van der Waals surface area contributed by atoms with Crippen molar-refractivity contribution in [3.8, 4) is 0 Å². The first kappa shape index (κ1) is 11.9. The molecule has 1 N–H and O–H groups in total. The Kier molecular flexibility index (Phi) is 2.44. The van der Waals surface area contributed by atoms with Crippen LogP contribution in [0.4, 0.5) is 0 Å². The van der Waals surface area contributed by atoms with Crippen molar-refractivity contribution < 1.29 is 17.4 Å². The molecule has 3 aromatic rings. The lowest BCUT2D eigenvalue weighted by Crippen LogP contribution is -2.05. The molecule has 5 nitrogen and oxygen atoms in total. The second-order valence-corrected chi connectivity index (χ2v) is 5.43. The van der Waals surface area contributed by atoms with Crippen LogP contribution in [0.3, 0.4) is 0 Å². The molecule has 1 aromatic heterocycles. The molecule has 0 saturated heterocycles. The first-order valence-corrected chi connectivity index (χ1v) is 6.84. The molecule has 6 heteroatoms. The molecule has 0 aliphatic carbocycles. The van der Waals surface area contributed by atoms with E-state index in [9.17, 15) is 13.2 Å². The Morgan fingerprint density at radius 1 is 0.947 bits per heavy atom. The molecule has 19 heavy (non-hydrogen) atoms. The van der Waals surface area contributed by atoms with Crippen molar-refractivity contribution in [3.63, 3.8) is 0 Å². The van der Waals surface area contributed by atoms with Crippen molar-refractivity contribution in [2.45, 2.75) is 4.90 Å². The second-order valence-electron chi connectivity index (χ2n) is 4.04. The molecule has 0 bridgehead atoms. The number of fused-ring (bicyclic) bond motifs is 2. The molecular formula is C13H8O5S. The molecule has 0 amide bonds. The zero-order chi connectivity index (χ0) is 13.6. The third-order valence-electron chi connectivity index (χ3n) is 2.85. The van der Waals surface area contributed by atoms with E-state index in [0.717, 1.165) is 0 Å². The van der Waals surface area contributed by atoms with E-state index in [2.05, 4.69) is 0 Å². The zero-order valence-electron chi connectivity index (χ0n) is 9.53. The van der Waals surface area contributed by atoms with Crippen molar-refractivity contribution in [2.24, 2.45) is 0 Å². The van der Waals surface area contributed by atoms with Gasteiger partial charge in [-0.2, -0.15) is 8.42 Å². The maximum Gasteiger partial charge on any atom is 0.298 e. The number of hydrogen-bond donors (Lipinski definition) is 1. The van der Waals surface area contributed by atoms with Crippen LogP contribution in [-0.4, -0.2) is 13.0 Å². The van der Waals surface area contributed by atoms with Crippen LogP contribution < -0.4 is 5.43 Å². The summed E-state index contributed by atoms with van der Waals surface area (Å²) in [5.74, 6) is 0. The Labute approximate surface area is 107 Å². The van der Waals surface area contributed by atoms with Crippen molar-refractivity contribution in [2.75, 3.05) is 0 Å². The Balaban J connectivity index is 2.63. The smallest absolute Gasteiger partial charge is 0.298 e. The fourth-order valence-electron chi connectivity index (χ4n) is 2.00. The van der Waals surface area contributed by atoms with E-state index in [1.807, 2.05) is 0 Å². The summed E-state index contributed by atoms with van der Waals surface area (Å²) in [6.07, 6.45) is 0. The van der Waals surface area contributed by atoms with Gasteiger partial charge in [0.05, 0.1) is 10.8 Å². The van der Waals surface area contributed by atoms with E-state index in [0.29, 0.717) is 5.39 Å². The Morgan fingerprint density at radius 2 is 1.63 bits per heavy atom. The van der Waals surface area contributed by atoms with Gasteiger partial charge in [0.25, 0.3) is 10.1 Å². The van der Waals surface area contributed by atoms with Crippen molar-refractivity contribution in [3.05, 3.63) is 52.7 Å². The van der Waals surface area contributed by atoms with Crippen LogP contribution in [0, 0.1) is 0 Å². The minimum absolute atomic E-state index is 0.119. The van der Waals surface area contributed by atoms with Gasteiger partial charge in [-0.1, -0.05) is 18.2 Å². The molecule has 96 valence electrons. The van der Waals surface area contributed by atoms with Gasteiger partial charge in [0, 0.05) is 0 Å². The van der Waals surface area contributed by atoms with Crippen LogP contribution in [-0.2, 0) is 10.1 Å². The van der Waals surface area contributed by atoms with Gasteiger partial charge < -0.3 is 4.42 Å². The Morgan fingerprint density at radius 3 is 2.37 bits per heavy atom. The molecule has 0 atom stereocenters. The summed E-state index contributed by atoms with van der Waals surface area (Å²) in [4.78, 5) is 11.8. The maximum atomic E-state index is 12.2. The SMILES string of the molecule is O=c1c2ccccc2oc2c(S(=O)(=O)O)cccc12. The van der Waals surface area contributed by atoms with Gasteiger partial charge in [-0.05, 0) is 24.3 Å². The topological polar surface area (TPSA) is 84.6 Å². The van der Waals surface area contributed by atoms with E-state index in [-0.39, 0.29) is 22.0 Å². The third-order valence-corrected chi connectivity index (χ3v) is 3.72. The molecule has 0 aliphatic heterocycles. The van der Waals surface area contributed by atoms with Crippen LogP contribution in [0.5, 0.6) is 0 Å². The molecule has 0 saturated carbocycles. The summed E-state index contributed by atoms with van der Waals surface area (Å²) < 4.78 is 37.2. The summed E-state index contributed by atoms with van der Waals surface area (Å²) in [7, 11) is -4.45. The van der Waals surface area contributed by atoms with Crippen LogP contribution in [0.15, 0.2) is 56.6 Å². The van der Waals surface area contributed by atoms with Gasteiger partial charge in [-0.3, -0.25) is 9.35 Å². The van der Waals surface area contributed by atoms with Gasteiger partial charge in [-0.25, -0.2) is 0 Å². The maximum absolute atomic E-state index is 12.2. The lowest BCUT2D eigenvalue weighted by molar-refractivity contribution is 0.482. The molecule has 0 fully saturated rings. The number of hydrogen-bond acceptors (Lipinski definition) is 4. The standard InChI is InChI=1S/C13H8O5S/c14-12-8-4-1-2-6-10(8)18-13-9(12)5-3-7-11(13)19(15,16)17/h1-7H,(H,15,16,17). The van der Waals surface area contributed by atoms with Crippen molar-refractivity contribution in [1.82, 2.24) is 0 Å². The fraction of sp³-hybridized carbons (Fsp3) is 0. The normalized spacial score (nSPS) is 12.1. The Bertz CT molecular complexity index is 954.